The number of hydrogen-bond donors (Lipinski definition) is 2. The predicted molar refractivity (Wildman–Crippen MR) is 80.5 cm³/mol. The molecule has 4 nitrogen and oxygen atoms in total. The summed E-state index contributed by atoms with van der Waals surface area (Å²) in [7, 11) is 0. The second-order valence-corrected chi connectivity index (χ2v) is 4.96. The Morgan fingerprint density at radius 1 is 1.40 bits per heavy atom. The van der Waals surface area contributed by atoms with Gasteiger partial charge in [0.1, 0.15) is 11.6 Å². The number of carbonyl (C=O) groups is 1. The summed E-state index contributed by atoms with van der Waals surface area (Å²) < 4.78 is 13.8. The monoisotopic (exact) mass is 337 g/mol. The highest BCUT2D eigenvalue weighted by atomic mass is 79.9. The molecule has 0 saturated carbocycles. The molecule has 2 rings (SSSR count). The highest BCUT2D eigenvalue weighted by molar-refractivity contribution is 9.10. The Morgan fingerprint density at radius 3 is 2.90 bits per heavy atom. The van der Waals surface area contributed by atoms with Gasteiger partial charge in [-0.3, -0.25) is 4.79 Å². The van der Waals surface area contributed by atoms with Crippen LogP contribution in [0.3, 0.4) is 0 Å². The number of aromatic nitrogens is 1. The number of halogens is 2. The van der Waals surface area contributed by atoms with Gasteiger partial charge in [-0.2, -0.15) is 0 Å². The van der Waals surface area contributed by atoms with Gasteiger partial charge in [0.15, 0.2) is 0 Å². The molecule has 0 spiro atoms. The largest absolute Gasteiger partial charge is 0.370 e. The molecule has 6 heteroatoms. The Bertz CT molecular complexity index is 634. The second kappa shape index (κ2) is 6.47. The summed E-state index contributed by atoms with van der Waals surface area (Å²) in [6, 6.07) is 7.41. The van der Waals surface area contributed by atoms with E-state index in [1.54, 1.807) is 18.3 Å². The van der Waals surface area contributed by atoms with Crippen LogP contribution in [0.5, 0.6) is 0 Å². The smallest absolute Gasteiger partial charge is 0.259 e. The molecule has 2 aromatic rings. The van der Waals surface area contributed by atoms with Crippen molar-refractivity contribution in [3.8, 4) is 0 Å². The topological polar surface area (TPSA) is 54.0 Å². The van der Waals surface area contributed by atoms with Crippen molar-refractivity contribution in [2.75, 3.05) is 17.2 Å². The van der Waals surface area contributed by atoms with Crippen molar-refractivity contribution in [3.05, 3.63) is 52.4 Å². The van der Waals surface area contributed by atoms with Crippen LogP contribution in [-0.4, -0.2) is 17.4 Å². The number of nitrogens with one attached hydrogen (secondary N) is 2. The van der Waals surface area contributed by atoms with E-state index >= 15 is 0 Å². The summed E-state index contributed by atoms with van der Waals surface area (Å²) in [5.74, 6) is -0.257. The van der Waals surface area contributed by atoms with Crippen molar-refractivity contribution in [2.24, 2.45) is 0 Å². The van der Waals surface area contributed by atoms with E-state index < -0.39 is 5.82 Å². The number of nitrogens with zero attached hydrogens (tertiary/aromatic N) is 1. The van der Waals surface area contributed by atoms with Crippen molar-refractivity contribution in [3.63, 3.8) is 0 Å². The summed E-state index contributed by atoms with van der Waals surface area (Å²) in [4.78, 5) is 16.4. The van der Waals surface area contributed by atoms with Gasteiger partial charge in [0.05, 0.1) is 5.56 Å². The van der Waals surface area contributed by atoms with E-state index in [1.807, 2.05) is 6.92 Å². The van der Waals surface area contributed by atoms with Crippen LogP contribution in [-0.2, 0) is 0 Å². The highest BCUT2D eigenvalue weighted by Gasteiger charge is 2.13. The number of benzene rings is 1. The number of amides is 1. The lowest BCUT2D eigenvalue weighted by atomic mass is 10.2. The van der Waals surface area contributed by atoms with Gasteiger partial charge in [-0.15, -0.1) is 0 Å². The Hall–Kier alpha value is -1.95. The first kappa shape index (κ1) is 14.5. The standard InChI is InChI=1S/C14H13BrFN3O/c1-2-17-13-12(6-9(15)8-18-13)14(20)19-11-5-3-4-10(16)7-11/h3-8H,2H2,1H3,(H,17,18)(H,19,20). The van der Waals surface area contributed by atoms with Crippen molar-refractivity contribution in [1.82, 2.24) is 4.98 Å². The van der Waals surface area contributed by atoms with Gasteiger partial charge in [0.25, 0.3) is 5.91 Å². The maximum absolute atomic E-state index is 13.1. The molecule has 0 aliphatic heterocycles. The zero-order valence-corrected chi connectivity index (χ0v) is 12.4. The molecule has 1 aromatic heterocycles. The number of hydrogen-bond acceptors (Lipinski definition) is 3. The van der Waals surface area contributed by atoms with Crippen LogP contribution in [0.25, 0.3) is 0 Å². The molecular weight excluding hydrogens is 325 g/mol. The fourth-order valence-electron chi connectivity index (χ4n) is 1.69. The van der Waals surface area contributed by atoms with Gasteiger partial charge in [0, 0.05) is 22.9 Å². The first-order chi connectivity index (χ1) is 9.60. The highest BCUT2D eigenvalue weighted by Crippen LogP contribution is 2.20. The van der Waals surface area contributed by atoms with Gasteiger partial charge in [-0.05, 0) is 47.1 Å². The average molecular weight is 338 g/mol. The van der Waals surface area contributed by atoms with E-state index in [0.29, 0.717) is 28.1 Å². The van der Waals surface area contributed by atoms with Gasteiger partial charge in [-0.1, -0.05) is 6.07 Å². The molecule has 0 aliphatic rings. The third kappa shape index (κ3) is 3.54. The lowest BCUT2D eigenvalue weighted by molar-refractivity contribution is 0.102. The molecule has 20 heavy (non-hydrogen) atoms. The van der Waals surface area contributed by atoms with Crippen molar-refractivity contribution < 1.29 is 9.18 Å². The molecule has 0 saturated heterocycles. The van der Waals surface area contributed by atoms with Crippen LogP contribution in [0.1, 0.15) is 17.3 Å². The maximum Gasteiger partial charge on any atom is 0.259 e. The van der Waals surface area contributed by atoms with Crippen LogP contribution in [0, 0.1) is 5.82 Å². The third-order valence-electron chi connectivity index (χ3n) is 2.53. The van der Waals surface area contributed by atoms with Crippen LogP contribution in [0.2, 0.25) is 0 Å². The lowest BCUT2D eigenvalue weighted by Gasteiger charge is -2.10. The molecule has 104 valence electrons. The normalized spacial score (nSPS) is 10.2. The third-order valence-corrected chi connectivity index (χ3v) is 2.96. The summed E-state index contributed by atoms with van der Waals surface area (Å²) >= 11 is 3.28. The first-order valence-electron chi connectivity index (χ1n) is 6.06. The molecular formula is C14H13BrFN3O. The fourth-order valence-corrected chi connectivity index (χ4v) is 2.02. The first-order valence-corrected chi connectivity index (χ1v) is 6.85. The quantitative estimate of drug-likeness (QED) is 0.894. The number of carbonyl (C=O) groups excluding carboxylic acids is 1. The van der Waals surface area contributed by atoms with E-state index in [1.165, 1.54) is 18.2 Å². The van der Waals surface area contributed by atoms with Gasteiger partial charge >= 0.3 is 0 Å². The Kier molecular flexibility index (Phi) is 4.68. The summed E-state index contributed by atoms with van der Waals surface area (Å²) in [5.41, 5.74) is 0.794. The zero-order chi connectivity index (χ0) is 14.5. The van der Waals surface area contributed by atoms with Gasteiger partial charge < -0.3 is 10.6 Å². The Labute approximate surface area is 124 Å². The van der Waals surface area contributed by atoms with Crippen LogP contribution < -0.4 is 10.6 Å². The fraction of sp³-hybridized carbons (Fsp3) is 0.143. The van der Waals surface area contributed by atoms with E-state index in [2.05, 4.69) is 31.5 Å². The van der Waals surface area contributed by atoms with Crippen LogP contribution in [0.15, 0.2) is 41.0 Å². The minimum Gasteiger partial charge on any atom is -0.370 e. The lowest BCUT2D eigenvalue weighted by Crippen LogP contribution is -2.16. The van der Waals surface area contributed by atoms with E-state index in [4.69, 9.17) is 0 Å². The Morgan fingerprint density at radius 2 is 2.20 bits per heavy atom. The second-order valence-electron chi connectivity index (χ2n) is 4.04. The summed E-state index contributed by atoms with van der Waals surface area (Å²) in [6.45, 7) is 2.56. The van der Waals surface area contributed by atoms with Crippen molar-refractivity contribution in [2.45, 2.75) is 6.92 Å². The van der Waals surface area contributed by atoms with E-state index in [9.17, 15) is 9.18 Å². The van der Waals surface area contributed by atoms with Gasteiger partial charge in [0.2, 0.25) is 0 Å². The summed E-state index contributed by atoms with van der Waals surface area (Å²) in [6.07, 6.45) is 1.61. The number of anilines is 2. The predicted octanol–water partition coefficient (Wildman–Crippen LogP) is 3.67. The molecule has 0 fully saturated rings. The molecule has 0 bridgehead atoms. The molecule has 1 heterocycles. The molecule has 1 aromatic carbocycles. The molecule has 0 atom stereocenters. The van der Waals surface area contributed by atoms with E-state index in [-0.39, 0.29) is 5.91 Å². The molecule has 0 aliphatic carbocycles. The van der Waals surface area contributed by atoms with Crippen molar-refractivity contribution >= 4 is 33.3 Å². The number of pyridine rings is 1. The molecule has 0 unspecified atom stereocenters. The summed E-state index contributed by atoms with van der Waals surface area (Å²) in [5, 5.41) is 5.66. The van der Waals surface area contributed by atoms with Crippen molar-refractivity contribution in [1.29, 1.82) is 0 Å². The minimum absolute atomic E-state index is 0.347. The zero-order valence-electron chi connectivity index (χ0n) is 10.8. The SMILES string of the molecule is CCNc1ncc(Br)cc1C(=O)Nc1cccc(F)c1. The molecule has 2 N–H and O–H groups in total. The Balaban J connectivity index is 2.26. The van der Waals surface area contributed by atoms with Crippen LogP contribution >= 0.6 is 15.9 Å². The minimum atomic E-state index is -0.401. The maximum atomic E-state index is 13.1. The number of rotatable bonds is 4. The van der Waals surface area contributed by atoms with E-state index in [0.717, 1.165) is 0 Å². The molecule has 1 amide bonds. The molecule has 0 radical (unpaired) electrons. The average Bonchev–Trinajstić information content (AvgIpc) is 2.41. The van der Waals surface area contributed by atoms with Gasteiger partial charge in [-0.25, -0.2) is 9.37 Å². The van der Waals surface area contributed by atoms with Crippen LogP contribution in [0.4, 0.5) is 15.9 Å².